The first-order valence-corrected chi connectivity index (χ1v) is 8.02. The number of hydrogen-bond donors (Lipinski definition) is 0. The Morgan fingerprint density at radius 1 is 0.905 bits per heavy atom. The number of hydrogen-bond acceptors (Lipinski definition) is 4. The van der Waals surface area contributed by atoms with Crippen molar-refractivity contribution in [2.75, 3.05) is 45.3 Å². The Hall–Kier alpha value is -1.42. The second-order valence-corrected chi connectivity index (χ2v) is 6.06. The number of benzene rings is 1. The quantitative estimate of drug-likeness (QED) is 0.854. The van der Waals surface area contributed by atoms with Crippen molar-refractivity contribution in [1.82, 2.24) is 4.90 Å². The lowest BCUT2D eigenvalue weighted by Gasteiger charge is -2.36. The molecule has 1 atom stereocenters. The topological polar surface area (TPSA) is 24.9 Å². The molecule has 1 aromatic rings. The third-order valence-electron chi connectivity index (χ3n) is 4.75. The van der Waals surface area contributed by atoms with Gasteiger partial charge in [-0.15, -0.1) is 0 Å². The van der Waals surface area contributed by atoms with Gasteiger partial charge in [0, 0.05) is 49.6 Å². The van der Waals surface area contributed by atoms with Gasteiger partial charge in [-0.3, -0.25) is 4.90 Å². The van der Waals surface area contributed by atoms with Crippen LogP contribution in [0.3, 0.4) is 0 Å². The van der Waals surface area contributed by atoms with Crippen molar-refractivity contribution in [3.63, 3.8) is 0 Å². The van der Waals surface area contributed by atoms with Crippen molar-refractivity contribution in [3.05, 3.63) is 18.2 Å². The molecule has 2 fully saturated rings. The number of fused-ring (bicyclic) bond motifs is 1. The third kappa shape index (κ3) is 3.26. The number of nitrogens with zero attached hydrogens (tertiary/aromatic N) is 2. The van der Waals surface area contributed by atoms with Crippen LogP contribution in [0, 0.1) is 0 Å². The maximum absolute atomic E-state index is 5.41. The molecule has 2 aliphatic rings. The normalized spacial score (nSPS) is 23.3. The van der Waals surface area contributed by atoms with Gasteiger partial charge < -0.3 is 14.4 Å². The van der Waals surface area contributed by atoms with Crippen LogP contribution in [-0.4, -0.2) is 51.3 Å². The molecule has 2 aliphatic heterocycles. The van der Waals surface area contributed by atoms with E-state index in [2.05, 4.69) is 21.9 Å². The standard InChI is InChI=1S/C17H26N2O2/c1-20-16-10-15(11-17(12-16)21-2)19-9-5-8-18-7-4-3-6-14(18)13-19/h10-12,14H,3-9,13H2,1-2H3. The van der Waals surface area contributed by atoms with Crippen LogP contribution in [0.15, 0.2) is 18.2 Å². The highest BCUT2D eigenvalue weighted by Crippen LogP contribution is 2.31. The van der Waals surface area contributed by atoms with E-state index in [1.54, 1.807) is 14.2 Å². The van der Waals surface area contributed by atoms with Gasteiger partial charge in [0.05, 0.1) is 14.2 Å². The molecule has 0 saturated carbocycles. The minimum atomic E-state index is 0.707. The molecule has 0 radical (unpaired) electrons. The molecule has 1 aromatic carbocycles. The van der Waals surface area contributed by atoms with Crippen molar-refractivity contribution in [2.45, 2.75) is 31.7 Å². The summed E-state index contributed by atoms with van der Waals surface area (Å²) in [4.78, 5) is 5.18. The van der Waals surface area contributed by atoms with Gasteiger partial charge in [0.1, 0.15) is 11.5 Å². The molecule has 0 amide bonds. The van der Waals surface area contributed by atoms with Crippen LogP contribution in [-0.2, 0) is 0 Å². The lowest BCUT2D eigenvalue weighted by molar-refractivity contribution is 0.162. The first-order chi connectivity index (χ1) is 10.3. The molecule has 4 heteroatoms. The highest BCUT2D eigenvalue weighted by atomic mass is 16.5. The summed E-state index contributed by atoms with van der Waals surface area (Å²) in [7, 11) is 3.42. The molecule has 0 spiro atoms. The maximum Gasteiger partial charge on any atom is 0.124 e. The Bertz CT molecular complexity index is 456. The van der Waals surface area contributed by atoms with Crippen molar-refractivity contribution in [3.8, 4) is 11.5 Å². The predicted molar refractivity (Wildman–Crippen MR) is 85.6 cm³/mol. The molecular formula is C17H26N2O2. The molecule has 0 aliphatic carbocycles. The highest BCUT2D eigenvalue weighted by molar-refractivity contribution is 5.56. The summed E-state index contributed by atoms with van der Waals surface area (Å²) in [5, 5.41) is 0. The second-order valence-electron chi connectivity index (χ2n) is 6.06. The zero-order chi connectivity index (χ0) is 14.7. The summed E-state index contributed by atoms with van der Waals surface area (Å²) >= 11 is 0. The Morgan fingerprint density at radius 2 is 1.62 bits per heavy atom. The lowest BCUT2D eigenvalue weighted by Crippen LogP contribution is -2.44. The van der Waals surface area contributed by atoms with E-state index in [0.29, 0.717) is 6.04 Å². The molecule has 4 nitrogen and oxygen atoms in total. The fourth-order valence-corrected chi connectivity index (χ4v) is 3.58. The van der Waals surface area contributed by atoms with Crippen LogP contribution in [0.2, 0.25) is 0 Å². The van der Waals surface area contributed by atoms with Crippen LogP contribution >= 0.6 is 0 Å². The average Bonchev–Trinajstić information content (AvgIpc) is 2.76. The van der Waals surface area contributed by atoms with E-state index in [4.69, 9.17) is 9.47 Å². The molecule has 21 heavy (non-hydrogen) atoms. The van der Waals surface area contributed by atoms with Crippen molar-refractivity contribution < 1.29 is 9.47 Å². The summed E-state index contributed by atoms with van der Waals surface area (Å²) in [6, 6.07) is 6.90. The van der Waals surface area contributed by atoms with Crippen molar-refractivity contribution >= 4 is 5.69 Å². The summed E-state index contributed by atoms with van der Waals surface area (Å²) in [5.74, 6) is 1.74. The van der Waals surface area contributed by atoms with Gasteiger partial charge >= 0.3 is 0 Å². The first-order valence-electron chi connectivity index (χ1n) is 8.02. The van der Waals surface area contributed by atoms with E-state index in [-0.39, 0.29) is 0 Å². The number of piperidine rings is 1. The number of methoxy groups -OCH3 is 2. The number of ether oxygens (including phenoxy) is 2. The molecule has 1 unspecified atom stereocenters. The summed E-state index contributed by atoms with van der Waals surface area (Å²) in [5.41, 5.74) is 1.22. The monoisotopic (exact) mass is 290 g/mol. The Kier molecular flexibility index (Phi) is 4.54. The van der Waals surface area contributed by atoms with Crippen LogP contribution in [0.4, 0.5) is 5.69 Å². The van der Waals surface area contributed by atoms with Gasteiger partial charge in [0.2, 0.25) is 0 Å². The highest BCUT2D eigenvalue weighted by Gasteiger charge is 2.27. The van der Waals surface area contributed by atoms with Crippen molar-refractivity contribution in [1.29, 1.82) is 0 Å². The largest absolute Gasteiger partial charge is 0.497 e. The minimum absolute atomic E-state index is 0.707. The maximum atomic E-state index is 5.41. The SMILES string of the molecule is COc1cc(OC)cc(N2CCCN3CCCCC3C2)c1. The zero-order valence-corrected chi connectivity index (χ0v) is 13.2. The number of anilines is 1. The van der Waals surface area contributed by atoms with Gasteiger partial charge in [-0.25, -0.2) is 0 Å². The minimum Gasteiger partial charge on any atom is -0.497 e. The van der Waals surface area contributed by atoms with E-state index in [1.165, 1.54) is 44.5 Å². The van der Waals surface area contributed by atoms with Gasteiger partial charge in [-0.05, 0) is 25.8 Å². The smallest absolute Gasteiger partial charge is 0.124 e. The molecule has 0 aromatic heterocycles. The fourth-order valence-electron chi connectivity index (χ4n) is 3.58. The molecule has 0 N–H and O–H groups in total. The molecule has 3 rings (SSSR count). The average molecular weight is 290 g/mol. The molecule has 2 heterocycles. The van der Waals surface area contributed by atoms with Crippen LogP contribution in [0.5, 0.6) is 11.5 Å². The van der Waals surface area contributed by atoms with E-state index in [1.807, 2.05) is 6.07 Å². The molecular weight excluding hydrogens is 264 g/mol. The zero-order valence-electron chi connectivity index (χ0n) is 13.2. The van der Waals surface area contributed by atoms with E-state index < -0.39 is 0 Å². The van der Waals surface area contributed by atoms with E-state index in [0.717, 1.165) is 24.6 Å². The summed E-state index contributed by atoms with van der Waals surface area (Å²) in [6.07, 6.45) is 5.30. The lowest BCUT2D eigenvalue weighted by atomic mass is 10.0. The first kappa shape index (κ1) is 14.5. The second kappa shape index (κ2) is 6.56. The van der Waals surface area contributed by atoms with Crippen LogP contribution < -0.4 is 14.4 Å². The van der Waals surface area contributed by atoms with Crippen LogP contribution in [0.1, 0.15) is 25.7 Å². The molecule has 0 bridgehead atoms. The van der Waals surface area contributed by atoms with Gasteiger partial charge in [-0.2, -0.15) is 0 Å². The fraction of sp³-hybridized carbons (Fsp3) is 0.647. The summed E-state index contributed by atoms with van der Waals surface area (Å²) in [6.45, 7) is 4.75. The predicted octanol–water partition coefficient (Wildman–Crippen LogP) is 2.77. The Labute approximate surface area is 127 Å². The molecule has 2 saturated heterocycles. The number of rotatable bonds is 3. The molecule has 116 valence electrons. The van der Waals surface area contributed by atoms with E-state index in [9.17, 15) is 0 Å². The van der Waals surface area contributed by atoms with Gasteiger partial charge in [0.15, 0.2) is 0 Å². The van der Waals surface area contributed by atoms with Gasteiger partial charge in [-0.1, -0.05) is 6.42 Å². The van der Waals surface area contributed by atoms with Gasteiger partial charge in [0.25, 0.3) is 0 Å². The third-order valence-corrected chi connectivity index (χ3v) is 4.75. The van der Waals surface area contributed by atoms with Crippen LogP contribution in [0.25, 0.3) is 0 Å². The Morgan fingerprint density at radius 3 is 2.33 bits per heavy atom. The Balaban J connectivity index is 1.81. The summed E-state index contributed by atoms with van der Waals surface area (Å²) < 4.78 is 10.8. The van der Waals surface area contributed by atoms with E-state index >= 15 is 0 Å². The van der Waals surface area contributed by atoms with Crippen molar-refractivity contribution in [2.24, 2.45) is 0 Å².